The van der Waals surface area contributed by atoms with Crippen molar-refractivity contribution in [2.24, 2.45) is 0 Å². The SMILES string of the molecule is CCCC(C)Nc1ccc(CCO)cc1. The maximum absolute atomic E-state index is 8.79. The molecule has 2 heteroatoms. The van der Waals surface area contributed by atoms with Crippen LogP contribution < -0.4 is 5.32 Å². The maximum atomic E-state index is 8.79. The summed E-state index contributed by atoms with van der Waals surface area (Å²) in [5.41, 5.74) is 2.35. The van der Waals surface area contributed by atoms with Gasteiger partial charge in [-0.1, -0.05) is 25.5 Å². The number of hydrogen-bond acceptors (Lipinski definition) is 2. The molecule has 0 aliphatic heterocycles. The van der Waals surface area contributed by atoms with Gasteiger partial charge in [-0.15, -0.1) is 0 Å². The highest BCUT2D eigenvalue weighted by atomic mass is 16.2. The molecule has 0 radical (unpaired) electrons. The molecule has 0 aliphatic rings. The summed E-state index contributed by atoms with van der Waals surface area (Å²) < 4.78 is 0. The zero-order chi connectivity index (χ0) is 11.1. The molecule has 1 unspecified atom stereocenters. The van der Waals surface area contributed by atoms with Gasteiger partial charge in [0.1, 0.15) is 0 Å². The first-order valence-corrected chi connectivity index (χ1v) is 5.72. The Hall–Kier alpha value is -1.02. The second kappa shape index (κ2) is 6.46. The summed E-state index contributed by atoms with van der Waals surface area (Å²) in [5.74, 6) is 0. The maximum Gasteiger partial charge on any atom is 0.0471 e. The fourth-order valence-electron chi connectivity index (χ4n) is 1.69. The molecular weight excluding hydrogens is 186 g/mol. The Morgan fingerprint density at radius 3 is 2.47 bits per heavy atom. The molecule has 2 nitrogen and oxygen atoms in total. The second-order valence-corrected chi connectivity index (χ2v) is 4.00. The molecule has 0 aromatic heterocycles. The monoisotopic (exact) mass is 207 g/mol. The van der Waals surface area contributed by atoms with Crippen LogP contribution in [0.25, 0.3) is 0 Å². The van der Waals surface area contributed by atoms with Gasteiger partial charge in [0.2, 0.25) is 0 Å². The second-order valence-electron chi connectivity index (χ2n) is 4.00. The van der Waals surface area contributed by atoms with Crippen molar-refractivity contribution in [2.75, 3.05) is 11.9 Å². The minimum absolute atomic E-state index is 0.221. The Kier molecular flexibility index (Phi) is 5.19. The zero-order valence-electron chi connectivity index (χ0n) is 9.66. The van der Waals surface area contributed by atoms with Crippen molar-refractivity contribution in [1.29, 1.82) is 0 Å². The van der Waals surface area contributed by atoms with Crippen LogP contribution in [0.5, 0.6) is 0 Å². The van der Waals surface area contributed by atoms with E-state index in [1.165, 1.54) is 18.4 Å². The Morgan fingerprint density at radius 1 is 1.27 bits per heavy atom. The van der Waals surface area contributed by atoms with Crippen molar-refractivity contribution in [1.82, 2.24) is 0 Å². The highest BCUT2D eigenvalue weighted by Crippen LogP contribution is 2.12. The first kappa shape index (κ1) is 12.1. The average Bonchev–Trinajstić information content (AvgIpc) is 2.22. The molecule has 0 spiro atoms. The zero-order valence-corrected chi connectivity index (χ0v) is 9.66. The summed E-state index contributed by atoms with van der Waals surface area (Å²) in [6.45, 7) is 4.62. The molecule has 0 aliphatic carbocycles. The van der Waals surface area contributed by atoms with Crippen LogP contribution in [-0.2, 0) is 6.42 Å². The lowest BCUT2D eigenvalue weighted by molar-refractivity contribution is 0.299. The third-order valence-corrected chi connectivity index (χ3v) is 2.49. The third-order valence-electron chi connectivity index (χ3n) is 2.49. The Morgan fingerprint density at radius 2 is 1.93 bits per heavy atom. The van der Waals surface area contributed by atoms with E-state index in [1.54, 1.807) is 0 Å². The van der Waals surface area contributed by atoms with Crippen molar-refractivity contribution in [2.45, 2.75) is 39.2 Å². The predicted molar refractivity (Wildman–Crippen MR) is 65.2 cm³/mol. The molecule has 1 atom stereocenters. The topological polar surface area (TPSA) is 32.3 Å². The molecule has 0 bridgehead atoms. The largest absolute Gasteiger partial charge is 0.396 e. The van der Waals surface area contributed by atoms with Crippen molar-refractivity contribution in [3.63, 3.8) is 0 Å². The quantitative estimate of drug-likeness (QED) is 0.751. The lowest BCUT2D eigenvalue weighted by Crippen LogP contribution is -2.14. The van der Waals surface area contributed by atoms with E-state index < -0.39 is 0 Å². The van der Waals surface area contributed by atoms with Crippen molar-refractivity contribution in [3.8, 4) is 0 Å². The smallest absolute Gasteiger partial charge is 0.0471 e. The van der Waals surface area contributed by atoms with Gasteiger partial charge in [0.15, 0.2) is 0 Å². The first-order valence-electron chi connectivity index (χ1n) is 5.72. The average molecular weight is 207 g/mol. The standard InChI is InChI=1S/C13H21NO/c1-3-4-11(2)14-13-7-5-12(6-8-13)9-10-15/h5-8,11,14-15H,3-4,9-10H2,1-2H3. The van der Waals surface area contributed by atoms with E-state index in [2.05, 4.69) is 43.4 Å². The van der Waals surface area contributed by atoms with Crippen LogP contribution in [0, 0.1) is 0 Å². The van der Waals surface area contributed by atoms with E-state index in [0.29, 0.717) is 6.04 Å². The number of aliphatic hydroxyl groups is 1. The van der Waals surface area contributed by atoms with Crippen molar-refractivity contribution >= 4 is 5.69 Å². The van der Waals surface area contributed by atoms with E-state index in [1.807, 2.05) is 0 Å². The van der Waals surface area contributed by atoms with Crippen LogP contribution in [0.1, 0.15) is 32.3 Å². The predicted octanol–water partition coefficient (Wildman–Crippen LogP) is 2.82. The van der Waals surface area contributed by atoms with Crippen molar-refractivity contribution in [3.05, 3.63) is 29.8 Å². The lowest BCUT2D eigenvalue weighted by Gasteiger charge is -2.14. The number of anilines is 1. The van der Waals surface area contributed by atoms with E-state index in [9.17, 15) is 0 Å². The molecule has 0 saturated heterocycles. The van der Waals surface area contributed by atoms with Crippen LogP contribution in [0.2, 0.25) is 0 Å². The molecule has 0 saturated carbocycles. The van der Waals surface area contributed by atoms with Gasteiger partial charge in [-0.2, -0.15) is 0 Å². The molecule has 1 aromatic carbocycles. The first-order chi connectivity index (χ1) is 7.26. The Balaban J connectivity index is 2.48. The van der Waals surface area contributed by atoms with E-state index in [4.69, 9.17) is 5.11 Å². The number of benzene rings is 1. The fraction of sp³-hybridized carbons (Fsp3) is 0.538. The molecular formula is C13H21NO. The molecule has 0 amide bonds. The van der Waals surface area contributed by atoms with Crippen molar-refractivity contribution < 1.29 is 5.11 Å². The van der Waals surface area contributed by atoms with Gasteiger partial charge in [0.25, 0.3) is 0 Å². The fourth-order valence-corrected chi connectivity index (χ4v) is 1.69. The molecule has 1 aromatic rings. The van der Waals surface area contributed by atoms with Gasteiger partial charge in [-0.3, -0.25) is 0 Å². The summed E-state index contributed by atoms with van der Waals surface area (Å²) in [6.07, 6.45) is 3.14. The molecule has 15 heavy (non-hydrogen) atoms. The number of nitrogens with one attached hydrogen (secondary N) is 1. The van der Waals surface area contributed by atoms with Gasteiger partial charge in [0, 0.05) is 18.3 Å². The van der Waals surface area contributed by atoms with Crippen LogP contribution in [0.15, 0.2) is 24.3 Å². The van der Waals surface area contributed by atoms with Gasteiger partial charge >= 0.3 is 0 Å². The molecule has 0 heterocycles. The van der Waals surface area contributed by atoms with E-state index in [0.717, 1.165) is 12.1 Å². The molecule has 84 valence electrons. The summed E-state index contributed by atoms with van der Waals surface area (Å²) in [5, 5.41) is 12.2. The van der Waals surface area contributed by atoms with Gasteiger partial charge < -0.3 is 10.4 Å². The van der Waals surface area contributed by atoms with Crippen LogP contribution in [0.3, 0.4) is 0 Å². The minimum atomic E-state index is 0.221. The van der Waals surface area contributed by atoms with Crippen LogP contribution >= 0.6 is 0 Å². The molecule has 1 rings (SSSR count). The minimum Gasteiger partial charge on any atom is -0.396 e. The van der Waals surface area contributed by atoms with Gasteiger partial charge in [0.05, 0.1) is 0 Å². The third kappa shape index (κ3) is 4.34. The number of aliphatic hydroxyl groups excluding tert-OH is 1. The normalized spacial score (nSPS) is 12.5. The summed E-state index contributed by atoms with van der Waals surface area (Å²) in [6, 6.07) is 8.82. The Bertz CT molecular complexity index is 268. The lowest BCUT2D eigenvalue weighted by atomic mass is 10.1. The van der Waals surface area contributed by atoms with Gasteiger partial charge in [-0.25, -0.2) is 0 Å². The summed E-state index contributed by atoms with van der Waals surface area (Å²) in [7, 11) is 0. The number of hydrogen-bond donors (Lipinski definition) is 2. The van der Waals surface area contributed by atoms with Crippen LogP contribution in [-0.4, -0.2) is 17.8 Å². The summed E-state index contributed by atoms with van der Waals surface area (Å²) in [4.78, 5) is 0. The van der Waals surface area contributed by atoms with Gasteiger partial charge in [-0.05, 0) is 37.5 Å². The van der Waals surface area contributed by atoms with E-state index in [-0.39, 0.29) is 6.61 Å². The number of rotatable bonds is 6. The Labute approximate surface area is 92.3 Å². The molecule has 0 fully saturated rings. The highest BCUT2D eigenvalue weighted by molar-refractivity contribution is 5.45. The summed E-state index contributed by atoms with van der Waals surface area (Å²) >= 11 is 0. The van der Waals surface area contributed by atoms with E-state index >= 15 is 0 Å². The molecule has 2 N–H and O–H groups in total. The van der Waals surface area contributed by atoms with Crippen LogP contribution in [0.4, 0.5) is 5.69 Å². The highest BCUT2D eigenvalue weighted by Gasteiger charge is 2.00.